The molecule has 4 fully saturated rings. The van der Waals surface area contributed by atoms with Crippen LogP contribution in [-0.4, -0.2) is 19.8 Å². The van der Waals surface area contributed by atoms with Crippen molar-refractivity contribution in [1.82, 2.24) is 5.43 Å². The quantitative estimate of drug-likeness (QED) is 0.574. The van der Waals surface area contributed by atoms with E-state index < -0.39 is 0 Å². The van der Waals surface area contributed by atoms with E-state index in [1.807, 2.05) is 0 Å². The van der Waals surface area contributed by atoms with E-state index in [1.165, 1.54) is 38.5 Å². The second-order valence-electron chi connectivity index (χ2n) is 7.68. The molecule has 0 amide bonds. The Morgan fingerprint density at radius 2 is 1.68 bits per heavy atom. The van der Waals surface area contributed by atoms with Crippen LogP contribution in [0.1, 0.15) is 51.9 Å². The van der Waals surface area contributed by atoms with Crippen molar-refractivity contribution in [2.75, 3.05) is 13.7 Å². The van der Waals surface area contributed by atoms with E-state index in [0.29, 0.717) is 17.4 Å². The van der Waals surface area contributed by atoms with Crippen LogP contribution in [0.3, 0.4) is 0 Å². The fraction of sp³-hybridized carbons (Fsp3) is 1.00. The maximum atomic E-state index is 5.98. The van der Waals surface area contributed by atoms with Crippen molar-refractivity contribution in [3.63, 3.8) is 0 Å². The summed E-state index contributed by atoms with van der Waals surface area (Å²) in [5.41, 5.74) is 3.71. The lowest BCUT2D eigenvalue weighted by Crippen LogP contribution is -2.59. The minimum Gasteiger partial charge on any atom is -0.385 e. The van der Waals surface area contributed by atoms with Crippen LogP contribution in [0, 0.1) is 29.1 Å². The predicted octanol–water partition coefficient (Wildman–Crippen LogP) is 2.71. The Hall–Kier alpha value is -0.120. The van der Waals surface area contributed by atoms with Crippen LogP contribution in [0.5, 0.6) is 0 Å². The fourth-order valence-corrected chi connectivity index (χ4v) is 5.97. The van der Waals surface area contributed by atoms with E-state index >= 15 is 0 Å². The summed E-state index contributed by atoms with van der Waals surface area (Å²) >= 11 is 0. The molecule has 2 atom stereocenters. The van der Waals surface area contributed by atoms with Crippen molar-refractivity contribution >= 4 is 0 Å². The van der Waals surface area contributed by atoms with Crippen LogP contribution in [0.2, 0.25) is 0 Å². The number of methoxy groups -OCH3 is 1. The molecule has 0 aliphatic heterocycles. The number of hydrogen-bond donors (Lipinski definition) is 2. The first-order valence-corrected chi connectivity index (χ1v) is 8.12. The highest BCUT2D eigenvalue weighted by molar-refractivity contribution is 5.06. The van der Waals surface area contributed by atoms with E-state index in [9.17, 15) is 0 Å². The van der Waals surface area contributed by atoms with Crippen molar-refractivity contribution in [3.05, 3.63) is 0 Å². The molecule has 0 aromatic heterocycles. The third kappa shape index (κ3) is 2.45. The van der Waals surface area contributed by atoms with Crippen molar-refractivity contribution in [3.8, 4) is 0 Å². The molecule has 0 heterocycles. The highest BCUT2D eigenvalue weighted by atomic mass is 16.5. The summed E-state index contributed by atoms with van der Waals surface area (Å²) in [6.45, 7) is 3.20. The molecule has 4 rings (SSSR count). The van der Waals surface area contributed by atoms with Crippen molar-refractivity contribution < 1.29 is 4.74 Å². The predicted molar refractivity (Wildman–Crippen MR) is 77.4 cm³/mol. The van der Waals surface area contributed by atoms with Gasteiger partial charge >= 0.3 is 0 Å². The van der Waals surface area contributed by atoms with Crippen LogP contribution >= 0.6 is 0 Å². The number of hydrogen-bond acceptors (Lipinski definition) is 3. The number of ether oxygens (including phenoxy) is 1. The molecule has 0 aromatic rings. The molecule has 0 radical (unpaired) electrons. The zero-order valence-corrected chi connectivity index (χ0v) is 12.5. The lowest BCUT2D eigenvalue weighted by atomic mass is 9.47. The third-order valence-electron chi connectivity index (χ3n) is 6.27. The molecule has 2 unspecified atom stereocenters. The molecule has 110 valence electrons. The molecule has 4 saturated carbocycles. The van der Waals surface area contributed by atoms with Crippen LogP contribution in [-0.2, 0) is 4.74 Å². The van der Waals surface area contributed by atoms with Gasteiger partial charge in [-0.15, -0.1) is 0 Å². The van der Waals surface area contributed by atoms with Crippen LogP contribution in [0.4, 0.5) is 0 Å². The van der Waals surface area contributed by atoms with Crippen molar-refractivity contribution in [2.45, 2.75) is 57.9 Å². The summed E-state index contributed by atoms with van der Waals surface area (Å²) < 4.78 is 5.26. The van der Waals surface area contributed by atoms with Gasteiger partial charge in [0, 0.05) is 19.8 Å². The summed E-state index contributed by atoms with van der Waals surface area (Å²) in [6, 6.07) is 0.482. The largest absolute Gasteiger partial charge is 0.385 e. The summed E-state index contributed by atoms with van der Waals surface area (Å²) in [5, 5.41) is 0. The maximum Gasteiger partial charge on any atom is 0.0465 e. The van der Waals surface area contributed by atoms with E-state index in [0.717, 1.165) is 30.8 Å². The summed E-state index contributed by atoms with van der Waals surface area (Å²) in [7, 11) is 1.79. The number of nitrogens with two attached hydrogens (primary N) is 1. The smallest absolute Gasteiger partial charge is 0.0465 e. The van der Waals surface area contributed by atoms with E-state index in [4.69, 9.17) is 10.6 Å². The Balaban J connectivity index is 1.74. The first-order chi connectivity index (χ1) is 9.16. The SMILES string of the molecule is COCCC(C)C(NN)C12CC3CC(CC(C3)C1)C2. The molecule has 19 heavy (non-hydrogen) atoms. The first-order valence-electron chi connectivity index (χ1n) is 8.12. The molecule has 3 heteroatoms. The normalized spacial score (nSPS) is 43.4. The average molecular weight is 266 g/mol. The Morgan fingerprint density at radius 3 is 2.11 bits per heavy atom. The van der Waals surface area contributed by atoms with Gasteiger partial charge in [-0.25, -0.2) is 0 Å². The number of nitrogens with one attached hydrogen (secondary N) is 1. The maximum absolute atomic E-state index is 5.98. The van der Waals surface area contributed by atoms with Gasteiger partial charge in [0.25, 0.3) is 0 Å². The molecule has 4 aliphatic rings. The second-order valence-corrected chi connectivity index (χ2v) is 7.68. The Labute approximate surface area is 117 Å². The van der Waals surface area contributed by atoms with Gasteiger partial charge in [0.2, 0.25) is 0 Å². The topological polar surface area (TPSA) is 47.3 Å². The van der Waals surface area contributed by atoms with Crippen LogP contribution < -0.4 is 11.3 Å². The molecular weight excluding hydrogens is 236 g/mol. The summed E-state index contributed by atoms with van der Waals surface area (Å²) in [4.78, 5) is 0. The minimum atomic E-state index is 0.482. The van der Waals surface area contributed by atoms with Gasteiger partial charge in [0.1, 0.15) is 0 Å². The number of hydrazine groups is 1. The van der Waals surface area contributed by atoms with Gasteiger partial charge in [-0.3, -0.25) is 11.3 Å². The zero-order valence-electron chi connectivity index (χ0n) is 12.5. The molecular formula is C16H30N2O. The molecule has 4 bridgehead atoms. The number of rotatable bonds is 6. The highest BCUT2D eigenvalue weighted by Crippen LogP contribution is 2.62. The molecule has 3 nitrogen and oxygen atoms in total. The monoisotopic (exact) mass is 266 g/mol. The molecule has 3 N–H and O–H groups in total. The standard InChI is InChI=1S/C16H30N2O/c1-11(3-4-19-2)15(18-17)16-8-12-5-13(9-16)7-14(6-12)10-16/h11-15,18H,3-10,17H2,1-2H3. The van der Waals surface area contributed by atoms with Gasteiger partial charge < -0.3 is 4.74 Å². The minimum absolute atomic E-state index is 0.482. The Kier molecular flexibility index (Phi) is 3.89. The van der Waals surface area contributed by atoms with Gasteiger partial charge in [-0.2, -0.15) is 0 Å². The van der Waals surface area contributed by atoms with E-state index in [-0.39, 0.29) is 0 Å². The third-order valence-corrected chi connectivity index (χ3v) is 6.27. The van der Waals surface area contributed by atoms with E-state index in [1.54, 1.807) is 7.11 Å². The molecule has 4 aliphatic carbocycles. The summed E-state index contributed by atoms with van der Waals surface area (Å²) in [6.07, 6.45) is 9.89. The van der Waals surface area contributed by atoms with Crippen molar-refractivity contribution in [1.29, 1.82) is 0 Å². The highest BCUT2D eigenvalue weighted by Gasteiger charge is 2.54. The second kappa shape index (κ2) is 5.34. The molecule has 0 spiro atoms. The van der Waals surface area contributed by atoms with Gasteiger partial charge in [-0.05, 0) is 74.0 Å². The lowest BCUT2D eigenvalue weighted by Gasteiger charge is -2.60. The van der Waals surface area contributed by atoms with E-state index in [2.05, 4.69) is 12.3 Å². The van der Waals surface area contributed by atoms with Crippen LogP contribution in [0.25, 0.3) is 0 Å². The Morgan fingerprint density at radius 1 is 1.16 bits per heavy atom. The first kappa shape index (κ1) is 13.8. The lowest BCUT2D eigenvalue weighted by molar-refractivity contribution is -0.0853. The van der Waals surface area contributed by atoms with Gasteiger partial charge in [0.15, 0.2) is 0 Å². The van der Waals surface area contributed by atoms with Crippen molar-refractivity contribution in [2.24, 2.45) is 34.9 Å². The average Bonchev–Trinajstić information content (AvgIpc) is 2.35. The van der Waals surface area contributed by atoms with Gasteiger partial charge in [0.05, 0.1) is 0 Å². The van der Waals surface area contributed by atoms with Crippen LogP contribution in [0.15, 0.2) is 0 Å². The Bertz CT molecular complexity index is 283. The molecule has 0 aromatic carbocycles. The zero-order chi connectivity index (χ0) is 13.5. The fourth-order valence-electron chi connectivity index (χ4n) is 5.97. The van der Waals surface area contributed by atoms with Gasteiger partial charge in [-0.1, -0.05) is 6.92 Å². The summed E-state index contributed by atoms with van der Waals surface area (Å²) in [5.74, 6) is 9.58. The molecule has 0 saturated heterocycles.